The third kappa shape index (κ3) is 8.22. The molecule has 5 nitrogen and oxygen atoms in total. The van der Waals surface area contributed by atoms with Crippen molar-refractivity contribution in [2.75, 3.05) is 13.2 Å². The van der Waals surface area contributed by atoms with Crippen LogP contribution < -0.4 is 0 Å². The van der Waals surface area contributed by atoms with Crippen LogP contribution in [0.4, 0.5) is 0 Å². The number of nitrogens with one attached hydrogen (secondary N) is 1. The fourth-order valence-corrected chi connectivity index (χ4v) is 3.23. The van der Waals surface area contributed by atoms with Crippen molar-refractivity contribution in [3.63, 3.8) is 0 Å². The van der Waals surface area contributed by atoms with Gasteiger partial charge in [0.1, 0.15) is 0 Å². The van der Waals surface area contributed by atoms with Crippen molar-refractivity contribution in [3.05, 3.63) is 0 Å². The normalized spacial score (nSPS) is 23.8. The lowest BCUT2D eigenvalue weighted by molar-refractivity contribution is -0.152. The lowest BCUT2D eigenvalue weighted by Crippen LogP contribution is -2.38. The molecule has 0 aromatic carbocycles. The highest BCUT2D eigenvalue weighted by molar-refractivity contribution is 5.73. The highest BCUT2D eigenvalue weighted by Gasteiger charge is 2.36. The van der Waals surface area contributed by atoms with E-state index in [2.05, 4.69) is 19.0 Å². The number of esters is 1. The van der Waals surface area contributed by atoms with Gasteiger partial charge in [0.25, 0.3) is 0 Å². The molecular formula is C19H36N2O3. The summed E-state index contributed by atoms with van der Waals surface area (Å²) in [5.74, 6) is -0.500. The van der Waals surface area contributed by atoms with E-state index in [9.17, 15) is 4.79 Å². The zero-order chi connectivity index (χ0) is 17.6. The van der Waals surface area contributed by atoms with Crippen LogP contribution in [0.5, 0.6) is 0 Å². The second kappa shape index (κ2) is 13.3. The van der Waals surface area contributed by atoms with Crippen molar-refractivity contribution in [2.24, 2.45) is 11.0 Å². The van der Waals surface area contributed by atoms with Gasteiger partial charge < -0.3 is 9.47 Å². The number of unbranched alkanes of at least 4 members (excludes halogenated alkanes) is 6. The van der Waals surface area contributed by atoms with E-state index in [0.717, 1.165) is 38.7 Å². The molecule has 0 aromatic heterocycles. The molecule has 0 spiro atoms. The molecule has 0 amide bonds. The maximum Gasteiger partial charge on any atom is 0.311 e. The van der Waals surface area contributed by atoms with Crippen molar-refractivity contribution in [2.45, 2.75) is 96.6 Å². The molecule has 1 saturated carbocycles. The Hall–Kier alpha value is -0.970. The molecule has 1 rings (SSSR count). The Morgan fingerprint density at radius 3 is 2.42 bits per heavy atom. The van der Waals surface area contributed by atoms with Crippen molar-refractivity contribution in [3.8, 4) is 0 Å². The predicted octanol–water partition coefficient (Wildman–Crippen LogP) is 5.28. The van der Waals surface area contributed by atoms with E-state index in [1.807, 2.05) is 0 Å². The maximum absolute atomic E-state index is 12.2. The van der Waals surface area contributed by atoms with E-state index in [4.69, 9.17) is 15.0 Å². The quantitative estimate of drug-likeness (QED) is 0.282. The zero-order valence-corrected chi connectivity index (χ0v) is 15.6. The number of ether oxygens (including phenoxy) is 2. The SMILES string of the molecule is CCCCCCCCOC1CCC(N=N)C(C(=O)OCCCC)C1. The largest absolute Gasteiger partial charge is 0.465 e. The minimum atomic E-state index is -0.303. The second-order valence-electron chi connectivity index (χ2n) is 6.90. The molecule has 1 aliphatic rings. The van der Waals surface area contributed by atoms with E-state index in [1.165, 1.54) is 32.1 Å². The lowest BCUT2D eigenvalue weighted by atomic mass is 9.83. The van der Waals surface area contributed by atoms with Crippen molar-refractivity contribution < 1.29 is 14.3 Å². The molecule has 0 aromatic rings. The minimum Gasteiger partial charge on any atom is -0.465 e. The molecule has 3 atom stereocenters. The molecule has 140 valence electrons. The molecule has 24 heavy (non-hydrogen) atoms. The standard InChI is InChI=1S/C19H36N2O3/c1-3-5-7-8-9-10-14-23-16-11-12-18(21-20)17(15-16)19(22)24-13-6-4-2/h16-18,20H,3-15H2,1-2H3. The Bertz CT molecular complexity index is 350. The summed E-state index contributed by atoms with van der Waals surface area (Å²) >= 11 is 0. The van der Waals surface area contributed by atoms with Gasteiger partial charge in [-0.2, -0.15) is 5.11 Å². The molecule has 1 fully saturated rings. The third-order valence-electron chi connectivity index (χ3n) is 4.83. The molecule has 0 heterocycles. The fourth-order valence-electron chi connectivity index (χ4n) is 3.23. The Kier molecular flexibility index (Phi) is 11.7. The Balaban J connectivity index is 2.27. The van der Waals surface area contributed by atoms with Gasteiger partial charge in [-0.3, -0.25) is 4.79 Å². The number of hydrogen-bond acceptors (Lipinski definition) is 5. The van der Waals surface area contributed by atoms with Crippen LogP contribution in [0, 0.1) is 11.4 Å². The first-order chi connectivity index (χ1) is 11.7. The molecular weight excluding hydrogens is 304 g/mol. The zero-order valence-electron chi connectivity index (χ0n) is 15.6. The molecule has 1 N–H and O–H groups in total. The van der Waals surface area contributed by atoms with Gasteiger partial charge in [-0.25, -0.2) is 5.53 Å². The fraction of sp³-hybridized carbons (Fsp3) is 0.947. The number of rotatable bonds is 13. The maximum atomic E-state index is 12.2. The van der Waals surface area contributed by atoms with Crippen LogP contribution in [0.3, 0.4) is 0 Å². The number of carbonyl (C=O) groups excluding carboxylic acids is 1. The molecule has 0 bridgehead atoms. The van der Waals surface area contributed by atoms with Gasteiger partial charge >= 0.3 is 5.97 Å². The van der Waals surface area contributed by atoms with Gasteiger partial charge in [-0.05, 0) is 32.1 Å². The van der Waals surface area contributed by atoms with Crippen LogP contribution in [-0.4, -0.2) is 31.3 Å². The first kappa shape index (κ1) is 21.1. The number of nitrogens with zero attached hydrogens (tertiary/aromatic N) is 1. The Morgan fingerprint density at radius 2 is 1.71 bits per heavy atom. The summed E-state index contributed by atoms with van der Waals surface area (Å²) in [4.78, 5) is 12.2. The van der Waals surface area contributed by atoms with Gasteiger partial charge in [0.05, 0.1) is 24.7 Å². The molecule has 1 aliphatic carbocycles. The predicted molar refractivity (Wildman–Crippen MR) is 95.3 cm³/mol. The van der Waals surface area contributed by atoms with E-state index >= 15 is 0 Å². The lowest BCUT2D eigenvalue weighted by Gasteiger charge is -2.31. The molecule has 0 saturated heterocycles. The first-order valence-electron chi connectivity index (χ1n) is 9.87. The summed E-state index contributed by atoms with van der Waals surface area (Å²) in [6.45, 7) is 5.55. The molecule has 0 aliphatic heterocycles. The smallest absolute Gasteiger partial charge is 0.311 e. The number of carbonyl (C=O) groups is 1. The van der Waals surface area contributed by atoms with E-state index in [-0.39, 0.29) is 24.0 Å². The number of hydrogen-bond donors (Lipinski definition) is 1. The van der Waals surface area contributed by atoms with Crippen LogP contribution >= 0.6 is 0 Å². The van der Waals surface area contributed by atoms with Gasteiger partial charge in [0, 0.05) is 6.61 Å². The van der Waals surface area contributed by atoms with Gasteiger partial charge in [-0.15, -0.1) is 0 Å². The topological polar surface area (TPSA) is 71.7 Å². The van der Waals surface area contributed by atoms with E-state index < -0.39 is 0 Å². The van der Waals surface area contributed by atoms with E-state index in [1.54, 1.807) is 0 Å². The summed E-state index contributed by atoms with van der Waals surface area (Å²) in [6.07, 6.45) is 11.8. The highest BCUT2D eigenvalue weighted by atomic mass is 16.5. The summed E-state index contributed by atoms with van der Waals surface area (Å²) in [5.41, 5.74) is 7.32. The summed E-state index contributed by atoms with van der Waals surface area (Å²) in [5, 5.41) is 3.64. The molecule has 5 heteroatoms. The van der Waals surface area contributed by atoms with Crippen LogP contribution in [0.25, 0.3) is 0 Å². The van der Waals surface area contributed by atoms with Crippen molar-refractivity contribution >= 4 is 5.97 Å². The highest BCUT2D eigenvalue weighted by Crippen LogP contribution is 2.30. The van der Waals surface area contributed by atoms with Crippen LogP contribution in [-0.2, 0) is 14.3 Å². The third-order valence-corrected chi connectivity index (χ3v) is 4.83. The average molecular weight is 341 g/mol. The second-order valence-corrected chi connectivity index (χ2v) is 6.90. The molecule has 0 radical (unpaired) electrons. The van der Waals surface area contributed by atoms with Crippen LogP contribution in [0.2, 0.25) is 0 Å². The summed E-state index contributed by atoms with van der Waals surface area (Å²) in [6, 6.07) is -0.229. The Morgan fingerprint density at radius 1 is 1.00 bits per heavy atom. The minimum absolute atomic E-state index is 0.113. The van der Waals surface area contributed by atoms with Gasteiger partial charge in [0.15, 0.2) is 0 Å². The van der Waals surface area contributed by atoms with Crippen molar-refractivity contribution in [1.82, 2.24) is 0 Å². The summed E-state index contributed by atoms with van der Waals surface area (Å²) < 4.78 is 11.3. The van der Waals surface area contributed by atoms with Crippen LogP contribution in [0.1, 0.15) is 84.5 Å². The van der Waals surface area contributed by atoms with Gasteiger partial charge in [0.2, 0.25) is 0 Å². The van der Waals surface area contributed by atoms with Crippen molar-refractivity contribution in [1.29, 1.82) is 5.53 Å². The van der Waals surface area contributed by atoms with E-state index in [0.29, 0.717) is 13.0 Å². The molecule has 3 unspecified atom stereocenters. The van der Waals surface area contributed by atoms with Gasteiger partial charge in [-0.1, -0.05) is 52.4 Å². The average Bonchev–Trinajstić information content (AvgIpc) is 2.61. The monoisotopic (exact) mass is 340 g/mol. The van der Waals surface area contributed by atoms with Crippen LogP contribution in [0.15, 0.2) is 5.11 Å². The summed E-state index contributed by atoms with van der Waals surface area (Å²) in [7, 11) is 0. The first-order valence-corrected chi connectivity index (χ1v) is 9.87. The Labute approximate surface area is 147 Å².